The van der Waals surface area contributed by atoms with E-state index in [0.717, 1.165) is 38.7 Å². The first kappa shape index (κ1) is 18.9. The van der Waals surface area contributed by atoms with E-state index in [-0.39, 0.29) is 0 Å². The highest BCUT2D eigenvalue weighted by Crippen LogP contribution is 2.26. The van der Waals surface area contributed by atoms with E-state index >= 15 is 0 Å². The monoisotopic (exact) mass is 348 g/mol. The van der Waals surface area contributed by atoms with Crippen LogP contribution in [0.15, 0.2) is 18.5 Å². The maximum atomic E-state index is 6.25. The number of hydrogen-bond acceptors (Lipinski definition) is 4. The number of piperazine rings is 1. The highest BCUT2D eigenvalue weighted by atomic mass is 16.5. The van der Waals surface area contributed by atoms with E-state index in [4.69, 9.17) is 4.74 Å². The second-order valence-electron chi connectivity index (χ2n) is 7.84. The van der Waals surface area contributed by atoms with Crippen molar-refractivity contribution in [3.05, 3.63) is 18.5 Å². The molecule has 0 aromatic carbocycles. The summed E-state index contributed by atoms with van der Waals surface area (Å²) in [5, 5.41) is 4.31. The van der Waals surface area contributed by atoms with Crippen LogP contribution >= 0.6 is 0 Å². The zero-order chi connectivity index (χ0) is 17.5. The quantitative estimate of drug-likeness (QED) is 0.723. The van der Waals surface area contributed by atoms with Gasteiger partial charge in [0, 0.05) is 51.2 Å². The summed E-state index contributed by atoms with van der Waals surface area (Å²) in [5.41, 5.74) is 0. The van der Waals surface area contributed by atoms with Crippen LogP contribution in [0.25, 0.3) is 0 Å². The smallest absolute Gasteiger partial charge is 0.0601 e. The van der Waals surface area contributed by atoms with Crippen LogP contribution in [0.1, 0.15) is 46.0 Å². The second kappa shape index (κ2) is 9.70. The van der Waals surface area contributed by atoms with Crippen molar-refractivity contribution in [2.75, 3.05) is 39.3 Å². The molecule has 1 aliphatic heterocycles. The molecule has 0 radical (unpaired) electrons. The molecular formula is C20H36N4O. The van der Waals surface area contributed by atoms with E-state index in [2.05, 4.69) is 34.9 Å². The van der Waals surface area contributed by atoms with Crippen LogP contribution in [0.3, 0.4) is 0 Å². The molecule has 1 saturated heterocycles. The van der Waals surface area contributed by atoms with Crippen LogP contribution in [0, 0.1) is 5.92 Å². The van der Waals surface area contributed by atoms with Crippen molar-refractivity contribution in [1.82, 2.24) is 19.6 Å². The fourth-order valence-corrected chi connectivity index (χ4v) is 4.37. The summed E-state index contributed by atoms with van der Waals surface area (Å²) in [6.45, 7) is 12.3. The van der Waals surface area contributed by atoms with Gasteiger partial charge in [-0.2, -0.15) is 5.10 Å². The molecule has 25 heavy (non-hydrogen) atoms. The number of rotatable bonds is 8. The molecule has 1 aliphatic carbocycles. The van der Waals surface area contributed by atoms with Crippen LogP contribution in [-0.4, -0.2) is 71.1 Å². The van der Waals surface area contributed by atoms with Crippen molar-refractivity contribution >= 4 is 0 Å². The first-order valence-corrected chi connectivity index (χ1v) is 10.3. The number of aromatic nitrogens is 2. The number of nitrogens with zero attached hydrogens (tertiary/aromatic N) is 4. The largest absolute Gasteiger partial charge is 0.377 e. The van der Waals surface area contributed by atoms with E-state index in [1.807, 2.05) is 16.9 Å². The molecule has 5 heteroatoms. The van der Waals surface area contributed by atoms with Gasteiger partial charge in [-0.1, -0.05) is 26.7 Å². The van der Waals surface area contributed by atoms with Gasteiger partial charge in [0.1, 0.15) is 0 Å². The molecule has 0 spiro atoms. The first-order valence-electron chi connectivity index (χ1n) is 10.3. The molecule has 142 valence electrons. The SMILES string of the molecule is CC[C@@H]1CN(CCn2cccn2)CCN1CCO[C@H]1CCCC[C@@H]1C. The predicted molar refractivity (Wildman–Crippen MR) is 102 cm³/mol. The van der Waals surface area contributed by atoms with Gasteiger partial charge in [0.25, 0.3) is 0 Å². The molecular weight excluding hydrogens is 312 g/mol. The Morgan fingerprint density at radius 3 is 2.76 bits per heavy atom. The Hall–Kier alpha value is -0.910. The summed E-state index contributed by atoms with van der Waals surface area (Å²) in [6.07, 6.45) is 11.0. The van der Waals surface area contributed by atoms with Gasteiger partial charge in [-0.05, 0) is 31.2 Å². The van der Waals surface area contributed by atoms with E-state index in [0.29, 0.717) is 12.1 Å². The van der Waals surface area contributed by atoms with Crippen LogP contribution in [-0.2, 0) is 11.3 Å². The molecule has 1 saturated carbocycles. The molecule has 0 unspecified atom stereocenters. The summed E-state index contributed by atoms with van der Waals surface area (Å²) in [6, 6.07) is 2.67. The summed E-state index contributed by atoms with van der Waals surface area (Å²) < 4.78 is 8.28. The maximum absolute atomic E-state index is 6.25. The minimum atomic E-state index is 0.504. The fourth-order valence-electron chi connectivity index (χ4n) is 4.37. The average molecular weight is 349 g/mol. The van der Waals surface area contributed by atoms with Crippen molar-refractivity contribution < 1.29 is 4.74 Å². The van der Waals surface area contributed by atoms with Crippen LogP contribution < -0.4 is 0 Å². The molecule has 3 rings (SSSR count). The Kier molecular flexibility index (Phi) is 7.32. The lowest BCUT2D eigenvalue weighted by atomic mass is 9.88. The lowest BCUT2D eigenvalue weighted by molar-refractivity contribution is -0.0268. The lowest BCUT2D eigenvalue weighted by Gasteiger charge is -2.41. The summed E-state index contributed by atoms with van der Waals surface area (Å²) in [7, 11) is 0. The summed E-state index contributed by atoms with van der Waals surface area (Å²) in [5.74, 6) is 0.745. The maximum Gasteiger partial charge on any atom is 0.0601 e. The minimum absolute atomic E-state index is 0.504. The standard InChI is InChI=1S/C20H36N4O/c1-3-19-17-22(12-14-24-10-6-9-21-24)11-13-23(19)15-16-25-20-8-5-4-7-18(20)2/h6,9-10,18-20H,3-5,7-8,11-17H2,1-2H3/t18-,19+,20-/m0/s1. The van der Waals surface area contributed by atoms with Crippen molar-refractivity contribution in [3.8, 4) is 0 Å². The topological polar surface area (TPSA) is 33.5 Å². The second-order valence-corrected chi connectivity index (χ2v) is 7.84. The molecule has 2 heterocycles. The van der Waals surface area contributed by atoms with Crippen molar-refractivity contribution in [1.29, 1.82) is 0 Å². The summed E-state index contributed by atoms with van der Waals surface area (Å²) in [4.78, 5) is 5.24. The Morgan fingerprint density at radius 2 is 2.00 bits per heavy atom. The number of ether oxygens (including phenoxy) is 1. The Labute approximate surface area is 153 Å². The van der Waals surface area contributed by atoms with Gasteiger partial charge in [0.2, 0.25) is 0 Å². The minimum Gasteiger partial charge on any atom is -0.377 e. The van der Waals surface area contributed by atoms with E-state index in [9.17, 15) is 0 Å². The average Bonchev–Trinajstić information content (AvgIpc) is 3.16. The lowest BCUT2D eigenvalue weighted by Crippen LogP contribution is -2.54. The van der Waals surface area contributed by atoms with Crippen LogP contribution in [0.4, 0.5) is 0 Å². The van der Waals surface area contributed by atoms with E-state index in [1.54, 1.807) is 0 Å². The van der Waals surface area contributed by atoms with Crippen molar-refractivity contribution in [2.45, 2.75) is 64.6 Å². The van der Waals surface area contributed by atoms with Crippen LogP contribution in [0.2, 0.25) is 0 Å². The zero-order valence-corrected chi connectivity index (χ0v) is 16.1. The van der Waals surface area contributed by atoms with E-state index in [1.165, 1.54) is 45.2 Å². The molecule has 3 atom stereocenters. The van der Waals surface area contributed by atoms with Gasteiger partial charge in [0.05, 0.1) is 19.3 Å². The zero-order valence-electron chi connectivity index (χ0n) is 16.1. The highest BCUT2D eigenvalue weighted by Gasteiger charge is 2.26. The van der Waals surface area contributed by atoms with Crippen molar-refractivity contribution in [3.63, 3.8) is 0 Å². The Balaban J connectivity index is 1.37. The third-order valence-electron chi connectivity index (χ3n) is 6.11. The van der Waals surface area contributed by atoms with Crippen molar-refractivity contribution in [2.24, 2.45) is 5.92 Å². The van der Waals surface area contributed by atoms with Gasteiger partial charge < -0.3 is 4.74 Å². The molecule has 0 bridgehead atoms. The number of hydrogen-bond donors (Lipinski definition) is 0. The molecule has 2 fully saturated rings. The highest BCUT2D eigenvalue weighted by molar-refractivity contribution is 4.83. The molecule has 5 nitrogen and oxygen atoms in total. The van der Waals surface area contributed by atoms with E-state index < -0.39 is 0 Å². The first-order chi connectivity index (χ1) is 12.3. The van der Waals surface area contributed by atoms with Gasteiger partial charge >= 0.3 is 0 Å². The predicted octanol–water partition coefficient (Wildman–Crippen LogP) is 2.87. The third kappa shape index (κ3) is 5.53. The fraction of sp³-hybridized carbons (Fsp3) is 0.850. The molecule has 0 amide bonds. The third-order valence-corrected chi connectivity index (χ3v) is 6.11. The molecule has 1 aromatic heterocycles. The summed E-state index contributed by atoms with van der Waals surface area (Å²) >= 11 is 0. The molecule has 1 aromatic rings. The van der Waals surface area contributed by atoms with Crippen LogP contribution in [0.5, 0.6) is 0 Å². The van der Waals surface area contributed by atoms with Gasteiger partial charge in [-0.15, -0.1) is 0 Å². The normalized spacial score (nSPS) is 29.1. The van der Waals surface area contributed by atoms with Gasteiger partial charge in [-0.3, -0.25) is 14.5 Å². The van der Waals surface area contributed by atoms with Gasteiger partial charge in [-0.25, -0.2) is 0 Å². The van der Waals surface area contributed by atoms with Gasteiger partial charge in [0.15, 0.2) is 0 Å². The Morgan fingerprint density at radius 1 is 1.12 bits per heavy atom. The molecule has 2 aliphatic rings. The molecule has 0 N–H and O–H groups in total. The Bertz CT molecular complexity index is 478.